The molecule has 0 saturated carbocycles. The van der Waals surface area contributed by atoms with Crippen LogP contribution >= 0.6 is 0 Å². The number of hydrogen-bond donors (Lipinski definition) is 11. The van der Waals surface area contributed by atoms with Gasteiger partial charge in [-0.25, -0.2) is 4.79 Å². The van der Waals surface area contributed by atoms with Crippen molar-refractivity contribution in [3.63, 3.8) is 0 Å². The minimum Gasteiger partial charge on any atom is -0.481 e. The lowest BCUT2D eigenvalue weighted by Crippen LogP contribution is -2.55. The van der Waals surface area contributed by atoms with Crippen LogP contribution < -0.4 is 37.6 Å². The Morgan fingerprint density at radius 3 is 1.90 bits per heavy atom. The van der Waals surface area contributed by atoms with Crippen molar-refractivity contribution in [2.24, 2.45) is 5.73 Å². The fourth-order valence-electron chi connectivity index (χ4n) is 2.92. The van der Waals surface area contributed by atoms with Gasteiger partial charge in [-0.2, -0.15) is 0 Å². The molecule has 3 atom stereocenters. The number of carboxylic acid groups (broad SMARTS) is 2. The van der Waals surface area contributed by atoms with Gasteiger partial charge < -0.3 is 53.0 Å². The summed E-state index contributed by atoms with van der Waals surface area (Å²) in [4.78, 5) is 83.1. The number of amides is 5. The topological polar surface area (TPSA) is 302 Å². The molecular weight excluding hydrogens is 524 g/mol. The Labute approximate surface area is 223 Å². The molecule has 0 rings (SSSR count). The lowest BCUT2D eigenvalue weighted by molar-refractivity contribution is -0.144. The zero-order chi connectivity index (χ0) is 30.0. The number of rotatable bonds is 19. The van der Waals surface area contributed by atoms with Crippen LogP contribution in [-0.2, 0) is 33.6 Å². The fourth-order valence-corrected chi connectivity index (χ4v) is 2.92. The van der Waals surface area contributed by atoms with Crippen LogP contribution in [0.5, 0.6) is 0 Å². The maximum atomic E-state index is 12.7. The average molecular weight is 561 g/mol. The smallest absolute Gasteiger partial charge is 0.328 e. The predicted molar refractivity (Wildman–Crippen MR) is 133 cm³/mol. The van der Waals surface area contributed by atoms with E-state index in [-0.39, 0.29) is 37.7 Å². The van der Waals surface area contributed by atoms with Crippen molar-refractivity contribution in [3.8, 4) is 0 Å². The van der Waals surface area contributed by atoms with Gasteiger partial charge in [0.25, 0.3) is 0 Å². The Bertz CT molecular complexity index is 913. The van der Waals surface area contributed by atoms with Crippen LogP contribution in [0.3, 0.4) is 0 Å². The first kappa shape index (κ1) is 34.5. The third kappa shape index (κ3) is 16.1. The molecule has 0 aliphatic carbocycles. The SMILES string of the molecule is CCCC(=O)NCC(=O)N[C@@H](CCCNC(=N)N)C(=O)NCC(=O)N[C@@H](CC(=O)O)C(=O)N[C@@H](CO)C(=O)O. The molecule has 0 aliphatic rings. The van der Waals surface area contributed by atoms with E-state index < -0.39 is 79.8 Å². The molecule has 18 heteroatoms. The van der Waals surface area contributed by atoms with Gasteiger partial charge in [-0.1, -0.05) is 6.92 Å². The zero-order valence-corrected chi connectivity index (χ0v) is 21.4. The highest BCUT2D eigenvalue weighted by atomic mass is 16.4. The maximum absolute atomic E-state index is 12.7. The molecular formula is C21H36N8O10. The molecule has 0 bridgehead atoms. The number of hydrogen-bond acceptors (Lipinski definition) is 9. The third-order valence-corrected chi connectivity index (χ3v) is 4.81. The molecule has 39 heavy (non-hydrogen) atoms. The number of aliphatic hydroxyl groups is 1. The molecule has 0 saturated heterocycles. The molecule has 0 aromatic rings. The number of guanidine groups is 1. The van der Waals surface area contributed by atoms with Crippen LogP contribution in [0.1, 0.15) is 39.0 Å². The zero-order valence-electron chi connectivity index (χ0n) is 21.4. The van der Waals surface area contributed by atoms with Gasteiger partial charge in [-0.05, 0) is 19.3 Å². The summed E-state index contributed by atoms with van der Waals surface area (Å²) in [6.45, 7) is -0.145. The minimum absolute atomic E-state index is 0.0458. The van der Waals surface area contributed by atoms with Gasteiger partial charge in [0.05, 0.1) is 26.1 Å². The summed E-state index contributed by atoms with van der Waals surface area (Å²) in [6.07, 6.45) is 0.170. The van der Waals surface area contributed by atoms with Crippen molar-refractivity contribution in [1.29, 1.82) is 5.41 Å². The standard InChI is InChI=1S/C21H36N8O10/c1-2-4-14(31)25-8-15(32)27-11(5-3-6-24-21(22)23)18(36)26-9-16(33)28-12(7-17(34)35)19(37)29-13(10-30)20(38)39/h11-13,30H,2-10H2,1H3,(H,25,31)(H,26,36)(H,27,32)(H,28,33)(H,29,37)(H,34,35)(H,38,39)(H4,22,23,24)/t11-,12-,13-/m0/s1. The number of carboxylic acids is 2. The number of carbonyl (C=O) groups excluding carboxylic acids is 5. The number of aliphatic hydroxyl groups excluding tert-OH is 1. The van der Waals surface area contributed by atoms with Crippen molar-refractivity contribution in [1.82, 2.24) is 31.9 Å². The molecule has 0 heterocycles. The second-order valence-electron chi connectivity index (χ2n) is 8.15. The monoisotopic (exact) mass is 560 g/mol. The summed E-state index contributed by atoms with van der Waals surface area (Å²) >= 11 is 0. The van der Waals surface area contributed by atoms with Crippen LogP contribution in [-0.4, -0.2) is 107 Å². The Hall–Kier alpha value is -4.48. The third-order valence-electron chi connectivity index (χ3n) is 4.81. The Morgan fingerprint density at radius 2 is 1.38 bits per heavy atom. The molecule has 220 valence electrons. The molecule has 0 aliphatic heterocycles. The van der Waals surface area contributed by atoms with Crippen LogP contribution in [0.25, 0.3) is 0 Å². The van der Waals surface area contributed by atoms with E-state index in [1.807, 2.05) is 5.32 Å². The lowest BCUT2D eigenvalue weighted by Gasteiger charge is -2.21. The van der Waals surface area contributed by atoms with Gasteiger partial charge in [-0.3, -0.25) is 34.2 Å². The number of nitrogens with one attached hydrogen (secondary N) is 7. The van der Waals surface area contributed by atoms with Gasteiger partial charge in [-0.15, -0.1) is 0 Å². The normalized spacial score (nSPS) is 12.6. The van der Waals surface area contributed by atoms with Crippen molar-refractivity contribution in [2.75, 3.05) is 26.2 Å². The minimum atomic E-state index is -1.74. The number of carbonyl (C=O) groups is 7. The molecule has 0 fully saturated rings. The second-order valence-corrected chi connectivity index (χ2v) is 8.15. The summed E-state index contributed by atoms with van der Waals surface area (Å²) < 4.78 is 0. The van der Waals surface area contributed by atoms with Gasteiger partial charge in [0.2, 0.25) is 29.5 Å². The second kappa shape index (κ2) is 18.7. The largest absolute Gasteiger partial charge is 0.481 e. The maximum Gasteiger partial charge on any atom is 0.328 e. The Kier molecular flexibility index (Phi) is 16.6. The summed E-state index contributed by atoms with van der Waals surface area (Å²) in [6, 6.07) is -4.62. The Morgan fingerprint density at radius 1 is 0.795 bits per heavy atom. The van der Waals surface area contributed by atoms with E-state index in [9.17, 15) is 33.6 Å². The van der Waals surface area contributed by atoms with Gasteiger partial charge in [0, 0.05) is 13.0 Å². The van der Waals surface area contributed by atoms with Crippen molar-refractivity contribution in [3.05, 3.63) is 0 Å². The van der Waals surface area contributed by atoms with Crippen LogP contribution in [0, 0.1) is 5.41 Å². The molecule has 18 nitrogen and oxygen atoms in total. The molecule has 0 aromatic carbocycles. The summed E-state index contributed by atoms with van der Waals surface area (Å²) in [7, 11) is 0. The number of aliphatic carboxylic acids is 2. The van der Waals surface area contributed by atoms with E-state index in [0.29, 0.717) is 6.42 Å². The van der Waals surface area contributed by atoms with E-state index in [1.165, 1.54) is 0 Å². The van der Waals surface area contributed by atoms with E-state index in [1.54, 1.807) is 6.92 Å². The summed E-state index contributed by atoms with van der Waals surface area (Å²) in [5, 5.41) is 47.6. The van der Waals surface area contributed by atoms with Crippen LogP contribution in [0.4, 0.5) is 0 Å². The molecule has 0 unspecified atom stereocenters. The average Bonchev–Trinajstić information content (AvgIpc) is 2.85. The highest BCUT2D eigenvalue weighted by Gasteiger charge is 2.28. The van der Waals surface area contributed by atoms with Gasteiger partial charge >= 0.3 is 11.9 Å². The first-order chi connectivity index (χ1) is 18.3. The molecule has 0 aromatic heterocycles. The molecule has 12 N–H and O–H groups in total. The molecule has 0 radical (unpaired) electrons. The lowest BCUT2D eigenvalue weighted by atomic mass is 10.1. The van der Waals surface area contributed by atoms with E-state index in [4.69, 9.17) is 26.5 Å². The summed E-state index contributed by atoms with van der Waals surface area (Å²) in [5.41, 5.74) is 5.20. The first-order valence-electron chi connectivity index (χ1n) is 11.9. The molecule has 0 spiro atoms. The van der Waals surface area contributed by atoms with Crippen LogP contribution in [0.15, 0.2) is 0 Å². The predicted octanol–water partition coefficient (Wildman–Crippen LogP) is -4.71. The first-order valence-corrected chi connectivity index (χ1v) is 11.9. The van der Waals surface area contributed by atoms with Crippen molar-refractivity contribution < 1.29 is 48.9 Å². The highest BCUT2D eigenvalue weighted by Crippen LogP contribution is 1.99. The van der Waals surface area contributed by atoms with Crippen molar-refractivity contribution >= 4 is 47.4 Å². The molecule has 5 amide bonds. The van der Waals surface area contributed by atoms with Gasteiger partial charge in [0.1, 0.15) is 18.1 Å². The van der Waals surface area contributed by atoms with E-state index in [2.05, 4.69) is 26.6 Å². The quantitative estimate of drug-likeness (QED) is 0.0403. The summed E-state index contributed by atoms with van der Waals surface area (Å²) in [5.74, 6) is -7.43. The highest BCUT2D eigenvalue weighted by molar-refractivity contribution is 5.95. The van der Waals surface area contributed by atoms with Crippen molar-refractivity contribution in [2.45, 2.75) is 57.2 Å². The van der Waals surface area contributed by atoms with Gasteiger partial charge in [0.15, 0.2) is 5.96 Å². The number of nitrogens with two attached hydrogens (primary N) is 1. The van der Waals surface area contributed by atoms with E-state index >= 15 is 0 Å². The Balaban J connectivity index is 5.17. The van der Waals surface area contributed by atoms with Crippen LogP contribution in [0.2, 0.25) is 0 Å². The van der Waals surface area contributed by atoms with E-state index in [0.717, 1.165) is 0 Å². The fraction of sp³-hybridized carbons (Fsp3) is 0.619.